The highest BCUT2D eigenvalue weighted by Gasteiger charge is 2.45. The summed E-state index contributed by atoms with van der Waals surface area (Å²) in [6.45, 7) is 3.14. The normalized spacial score (nSPS) is 15.8. The molecule has 174 valence electrons. The summed E-state index contributed by atoms with van der Waals surface area (Å²) in [6.07, 6.45) is -0.957. The van der Waals surface area contributed by atoms with E-state index in [9.17, 15) is 19.2 Å². The zero-order valence-electron chi connectivity index (χ0n) is 18.9. The molecule has 9 heteroatoms. The molecule has 2 aromatic rings. The van der Waals surface area contributed by atoms with Crippen LogP contribution in [-0.2, 0) is 23.9 Å². The molecule has 0 radical (unpaired) electrons. The van der Waals surface area contributed by atoms with Crippen LogP contribution in [0.4, 0.5) is 5.69 Å². The van der Waals surface area contributed by atoms with Crippen molar-refractivity contribution in [1.82, 2.24) is 4.90 Å². The summed E-state index contributed by atoms with van der Waals surface area (Å²) in [7, 11) is 2.86. The fourth-order valence-corrected chi connectivity index (χ4v) is 3.58. The van der Waals surface area contributed by atoms with Gasteiger partial charge in [0.15, 0.2) is 6.29 Å². The number of imide groups is 1. The molecule has 1 atom stereocenters. The van der Waals surface area contributed by atoms with Gasteiger partial charge >= 0.3 is 5.97 Å². The molecule has 3 amide bonds. The van der Waals surface area contributed by atoms with Gasteiger partial charge in [-0.15, -0.1) is 0 Å². The Bertz CT molecular complexity index is 1030. The zero-order chi connectivity index (χ0) is 24.1. The number of carbonyl (C=O) groups is 4. The molecule has 1 aliphatic heterocycles. The van der Waals surface area contributed by atoms with Gasteiger partial charge in [0.25, 0.3) is 11.8 Å². The predicted octanol–water partition coefficient (Wildman–Crippen LogP) is 2.31. The van der Waals surface area contributed by atoms with Crippen LogP contribution in [0, 0.1) is 6.92 Å². The number of nitrogens with zero attached hydrogens (tertiary/aromatic N) is 2. The van der Waals surface area contributed by atoms with Crippen molar-refractivity contribution in [2.75, 3.05) is 25.7 Å². The van der Waals surface area contributed by atoms with Crippen molar-refractivity contribution in [3.8, 4) is 5.75 Å². The summed E-state index contributed by atoms with van der Waals surface area (Å²) in [5, 5.41) is 0. The second-order valence-corrected chi connectivity index (χ2v) is 7.60. The van der Waals surface area contributed by atoms with Crippen molar-refractivity contribution in [2.45, 2.75) is 32.6 Å². The van der Waals surface area contributed by atoms with Crippen LogP contribution in [0.2, 0.25) is 0 Å². The van der Waals surface area contributed by atoms with Crippen LogP contribution in [0.5, 0.6) is 5.75 Å². The van der Waals surface area contributed by atoms with Gasteiger partial charge in [-0.1, -0.05) is 17.7 Å². The standard InChI is InChI=1S/C24H26N2O7/c1-15-5-7-17(8-6-15)23(29)25(14-22(31-3)32-4)20-13-21(28)26(24(20)30)18-9-11-19(12-10-18)33-16(2)27/h5-12,20,22H,13-14H2,1-4H3. The predicted molar refractivity (Wildman–Crippen MR) is 119 cm³/mol. The van der Waals surface area contributed by atoms with E-state index in [0.717, 1.165) is 10.5 Å². The molecule has 9 nitrogen and oxygen atoms in total. The largest absolute Gasteiger partial charge is 0.427 e. The number of amides is 3. The summed E-state index contributed by atoms with van der Waals surface area (Å²) >= 11 is 0. The van der Waals surface area contributed by atoms with Crippen LogP contribution < -0.4 is 9.64 Å². The number of methoxy groups -OCH3 is 2. The van der Waals surface area contributed by atoms with E-state index in [-0.39, 0.29) is 13.0 Å². The molecular weight excluding hydrogens is 428 g/mol. The zero-order valence-corrected chi connectivity index (χ0v) is 18.9. The maximum Gasteiger partial charge on any atom is 0.308 e. The molecule has 1 fully saturated rings. The summed E-state index contributed by atoms with van der Waals surface area (Å²) in [4.78, 5) is 52.9. The van der Waals surface area contributed by atoms with E-state index in [0.29, 0.717) is 17.0 Å². The first-order chi connectivity index (χ1) is 15.7. The average molecular weight is 454 g/mol. The topological polar surface area (TPSA) is 102 Å². The Hall–Kier alpha value is -3.56. The second kappa shape index (κ2) is 10.4. The van der Waals surface area contributed by atoms with Crippen LogP contribution in [0.25, 0.3) is 0 Å². The van der Waals surface area contributed by atoms with Crippen LogP contribution in [0.1, 0.15) is 29.3 Å². The molecule has 1 heterocycles. The third kappa shape index (κ3) is 5.44. The van der Waals surface area contributed by atoms with Crippen molar-refractivity contribution in [2.24, 2.45) is 0 Å². The number of hydrogen-bond donors (Lipinski definition) is 0. The van der Waals surface area contributed by atoms with Gasteiger partial charge in [-0.2, -0.15) is 0 Å². The summed E-state index contributed by atoms with van der Waals surface area (Å²) < 4.78 is 15.5. The SMILES string of the molecule is COC(CN(C(=O)c1ccc(C)cc1)C1CC(=O)N(c2ccc(OC(C)=O)cc2)C1=O)OC. The summed E-state index contributed by atoms with van der Waals surface area (Å²) in [5.41, 5.74) is 1.69. The quantitative estimate of drug-likeness (QED) is 0.261. The third-order valence-corrected chi connectivity index (χ3v) is 5.29. The number of esters is 1. The number of carbonyl (C=O) groups excluding carboxylic acids is 4. The van der Waals surface area contributed by atoms with Crippen LogP contribution in [-0.4, -0.2) is 61.7 Å². The van der Waals surface area contributed by atoms with Crippen LogP contribution >= 0.6 is 0 Å². The van der Waals surface area contributed by atoms with Crippen LogP contribution in [0.3, 0.4) is 0 Å². The number of aryl methyl sites for hydroxylation is 1. The van der Waals surface area contributed by atoms with Crippen molar-refractivity contribution in [3.63, 3.8) is 0 Å². The highest BCUT2D eigenvalue weighted by atomic mass is 16.7. The van der Waals surface area contributed by atoms with Crippen molar-refractivity contribution >= 4 is 29.4 Å². The molecule has 1 saturated heterocycles. The van der Waals surface area contributed by atoms with Gasteiger partial charge in [0.05, 0.1) is 18.7 Å². The molecule has 33 heavy (non-hydrogen) atoms. The molecule has 2 aromatic carbocycles. The minimum atomic E-state index is -1.02. The molecule has 1 unspecified atom stereocenters. The lowest BCUT2D eigenvalue weighted by Crippen LogP contribution is -2.49. The lowest BCUT2D eigenvalue weighted by atomic mass is 10.1. The minimum absolute atomic E-state index is 0.0391. The van der Waals surface area contributed by atoms with E-state index in [1.165, 1.54) is 50.3 Å². The lowest BCUT2D eigenvalue weighted by Gasteiger charge is -2.30. The second-order valence-electron chi connectivity index (χ2n) is 7.60. The summed E-state index contributed by atoms with van der Waals surface area (Å²) in [5.74, 6) is -1.58. The first kappa shape index (κ1) is 24.1. The molecular formula is C24H26N2O7. The Kier molecular flexibility index (Phi) is 7.57. The first-order valence-corrected chi connectivity index (χ1v) is 10.3. The fraction of sp³-hybridized carbons (Fsp3) is 0.333. The minimum Gasteiger partial charge on any atom is -0.427 e. The maximum atomic E-state index is 13.3. The van der Waals surface area contributed by atoms with Gasteiger partial charge in [0.1, 0.15) is 11.8 Å². The van der Waals surface area contributed by atoms with E-state index in [4.69, 9.17) is 14.2 Å². The molecule has 0 aromatic heterocycles. The molecule has 0 saturated carbocycles. The lowest BCUT2D eigenvalue weighted by molar-refractivity contribution is -0.132. The van der Waals surface area contributed by atoms with Gasteiger partial charge in [-0.25, -0.2) is 4.90 Å². The third-order valence-electron chi connectivity index (χ3n) is 5.29. The van der Waals surface area contributed by atoms with Crippen molar-refractivity contribution < 1.29 is 33.4 Å². The number of rotatable bonds is 8. The van der Waals surface area contributed by atoms with E-state index in [1.54, 1.807) is 24.3 Å². The summed E-state index contributed by atoms with van der Waals surface area (Å²) in [6, 6.07) is 11.9. The molecule has 1 aliphatic rings. The highest BCUT2D eigenvalue weighted by Crippen LogP contribution is 2.28. The Morgan fingerprint density at radius 2 is 1.64 bits per heavy atom. The highest BCUT2D eigenvalue weighted by molar-refractivity contribution is 6.23. The maximum absolute atomic E-state index is 13.3. The molecule has 0 aliphatic carbocycles. The Morgan fingerprint density at radius 1 is 1.03 bits per heavy atom. The van der Waals surface area contributed by atoms with Crippen molar-refractivity contribution in [1.29, 1.82) is 0 Å². The van der Waals surface area contributed by atoms with Gasteiger partial charge < -0.3 is 19.1 Å². The monoisotopic (exact) mass is 454 g/mol. The molecule has 0 spiro atoms. The first-order valence-electron chi connectivity index (χ1n) is 10.3. The average Bonchev–Trinajstić information content (AvgIpc) is 3.08. The van der Waals surface area contributed by atoms with Gasteiger partial charge in [-0.05, 0) is 43.3 Å². The van der Waals surface area contributed by atoms with Gasteiger partial charge in [0.2, 0.25) is 5.91 Å². The Labute approximate surface area is 191 Å². The molecule has 3 rings (SSSR count). The van der Waals surface area contributed by atoms with E-state index < -0.39 is 36.0 Å². The Balaban J connectivity index is 1.89. The Morgan fingerprint density at radius 3 is 2.18 bits per heavy atom. The van der Waals surface area contributed by atoms with Gasteiger partial charge in [0, 0.05) is 26.7 Å². The van der Waals surface area contributed by atoms with Gasteiger partial charge in [-0.3, -0.25) is 19.2 Å². The smallest absolute Gasteiger partial charge is 0.308 e. The fourth-order valence-electron chi connectivity index (χ4n) is 3.58. The van der Waals surface area contributed by atoms with Crippen LogP contribution in [0.15, 0.2) is 48.5 Å². The molecule has 0 bridgehead atoms. The van der Waals surface area contributed by atoms with E-state index >= 15 is 0 Å². The van der Waals surface area contributed by atoms with E-state index in [2.05, 4.69) is 0 Å². The molecule has 0 N–H and O–H groups in total. The number of hydrogen-bond acceptors (Lipinski definition) is 7. The number of ether oxygens (including phenoxy) is 3. The number of benzene rings is 2. The van der Waals surface area contributed by atoms with Crippen molar-refractivity contribution in [3.05, 3.63) is 59.7 Å². The number of anilines is 1. The van der Waals surface area contributed by atoms with E-state index in [1.807, 2.05) is 6.92 Å².